The summed E-state index contributed by atoms with van der Waals surface area (Å²) in [5.74, 6) is -0.751. The lowest BCUT2D eigenvalue weighted by atomic mass is 10.0. The third kappa shape index (κ3) is 36.9. The number of carbonyl (C=O) groups excluding carboxylic acids is 1. The standard InChI is InChI=1S/C42H78O4/c1-3-5-7-9-11-13-14-15-16-17-18-19-20-21-23-25-31-35-39-42(45)46-40(36-32-28-24-22-12-10-8-6-4-2)37-33-29-26-27-30-34-38-41(43)44/h22,24,32,36,40H,3-21,23,25-31,33-35,37-39H2,1-2H3,(H,43,44)/b24-22-,36-32-. The number of aliphatic carboxylic acids is 1. The first-order valence-corrected chi connectivity index (χ1v) is 20.3. The summed E-state index contributed by atoms with van der Waals surface area (Å²) >= 11 is 0. The van der Waals surface area contributed by atoms with Crippen LogP contribution in [0.1, 0.15) is 226 Å². The molecular weight excluding hydrogens is 568 g/mol. The van der Waals surface area contributed by atoms with Gasteiger partial charge in [-0.15, -0.1) is 0 Å². The Morgan fingerprint density at radius 3 is 1.39 bits per heavy atom. The number of allylic oxidation sites excluding steroid dienone is 3. The highest BCUT2D eigenvalue weighted by Crippen LogP contribution is 2.17. The zero-order valence-electron chi connectivity index (χ0n) is 30.9. The summed E-state index contributed by atoms with van der Waals surface area (Å²) in [5, 5.41) is 8.78. The highest BCUT2D eigenvalue weighted by atomic mass is 16.5. The first kappa shape index (κ1) is 44.4. The van der Waals surface area contributed by atoms with Crippen LogP contribution in [0, 0.1) is 0 Å². The Balaban J connectivity index is 3.99. The summed E-state index contributed by atoms with van der Waals surface area (Å²) < 4.78 is 5.91. The van der Waals surface area contributed by atoms with E-state index in [4.69, 9.17) is 9.84 Å². The lowest BCUT2D eigenvalue weighted by molar-refractivity contribution is -0.147. The lowest BCUT2D eigenvalue weighted by Gasteiger charge is -2.14. The van der Waals surface area contributed by atoms with E-state index in [-0.39, 0.29) is 18.5 Å². The number of rotatable bonds is 37. The first-order valence-electron chi connectivity index (χ1n) is 20.3. The molecule has 0 heterocycles. The molecule has 0 aliphatic carbocycles. The molecule has 0 rings (SSSR count). The molecular formula is C42H78O4. The van der Waals surface area contributed by atoms with Crippen molar-refractivity contribution in [3.8, 4) is 0 Å². The highest BCUT2D eigenvalue weighted by molar-refractivity contribution is 5.69. The quantitative estimate of drug-likeness (QED) is 0.0414. The van der Waals surface area contributed by atoms with E-state index in [2.05, 4.69) is 38.2 Å². The second-order valence-electron chi connectivity index (χ2n) is 13.8. The lowest BCUT2D eigenvalue weighted by Crippen LogP contribution is -2.16. The normalized spacial score (nSPS) is 12.4. The maximum Gasteiger partial charge on any atom is 0.306 e. The van der Waals surface area contributed by atoms with Gasteiger partial charge in [-0.1, -0.05) is 186 Å². The van der Waals surface area contributed by atoms with E-state index in [0.29, 0.717) is 6.42 Å². The van der Waals surface area contributed by atoms with Gasteiger partial charge in [0.05, 0.1) is 0 Å². The van der Waals surface area contributed by atoms with Crippen molar-refractivity contribution in [1.29, 1.82) is 0 Å². The van der Waals surface area contributed by atoms with Crippen LogP contribution in [0.5, 0.6) is 0 Å². The van der Waals surface area contributed by atoms with Crippen molar-refractivity contribution in [2.24, 2.45) is 0 Å². The van der Waals surface area contributed by atoms with Gasteiger partial charge in [0.15, 0.2) is 0 Å². The Kier molecular flexibility index (Phi) is 36.6. The van der Waals surface area contributed by atoms with Crippen molar-refractivity contribution in [2.75, 3.05) is 0 Å². The average molecular weight is 647 g/mol. The monoisotopic (exact) mass is 647 g/mol. The Hall–Kier alpha value is -1.58. The smallest absolute Gasteiger partial charge is 0.306 e. The van der Waals surface area contributed by atoms with Gasteiger partial charge in [0.2, 0.25) is 0 Å². The summed E-state index contributed by atoms with van der Waals surface area (Å²) in [5.41, 5.74) is 0. The number of hydrogen-bond acceptors (Lipinski definition) is 3. The van der Waals surface area contributed by atoms with Gasteiger partial charge in [0.25, 0.3) is 0 Å². The van der Waals surface area contributed by atoms with Gasteiger partial charge in [-0.2, -0.15) is 0 Å². The summed E-state index contributed by atoms with van der Waals surface area (Å²) in [7, 11) is 0. The van der Waals surface area contributed by atoms with Crippen LogP contribution in [0.2, 0.25) is 0 Å². The van der Waals surface area contributed by atoms with Crippen LogP contribution in [-0.4, -0.2) is 23.1 Å². The van der Waals surface area contributed by atoms with Gasteiger partial charge in [0, 0.05) is 12.8 Å². The third-order valence-electron chi connectivity index (χ3n) is 9.16. The predicted octanol–water partition coefficient (Wildman–Crippen LogP) is 14.0. The molecule has 0 amide bonds. The molecule has 0 bridgehead atoms. The minimum atomic E-state index is -0.701. The van der Waals surface area contributed by atoms with E-state index in [9.17, 15) is 9.59 Å². The minimum Gasteiger partial charge on any atom is -0.481 e. The zero-order valence-corrected chi connectivity index (χ0v) is 30.9. The molecule has 0 radical (unpaired) electrons. The minimum absolute atomic E-state index is 0.0497. The topological polar surface area (TPSA) is 63.6 Å². The summed E-state index contributed by atoms with van der Waals surface area (Å²) in [6.07, 6.45) is 47.9. The van der Waals surface area contributed by atoms with E-state index in [1.165, 1.54) is 128 Å². The van der Waals surface area contributed by atoms with Crippen LogP contribution in [0.15, 0.2) is 24.3 Å². The molecule has 0 aromatic heterocycles. The van der Waals surface area contributed by atoms with Crippen molar-refractivity contribution in [3.63, 3.8) is 0 Å². The third-order valence-corrected chi connectivity index (χ3v) is 9.16. The SMILES string of the molecule is CCCCCC/C=C\C/C=C\C(CCCCCCCCC(=O)O)OC(=O)CCCCCCCCCCCCCCCCCCCC. The summed E-state index contributed by atoms with van der Waals surface area (Å²) in [6, 6.07) is 0. The Morgan fingerprint density at radius 1 is 0.500 bits per heavy atom. The maximum absolute atomic E-state index is 12.6. The molecule has 4 nitrogen and oxygen atoms in total. The maximum atomic E-state index is 12.6. The fourth-order valence-electron chi connectivity index (χ4n) is 6.13. The Morgan fingerprint density at radius 2 is 0.913 bits per heavy atom. The van der Waals surface area contributed by atoms with Crippen LogP contribution >= 0.6 is 0 Å². The van der Waals surface area contributed by atoms with E-state index >= 15 is 0 Å². The predicted molar refractivity (Wildman–Crippen MR) is 200 cm³/mol. The molecule has 0 aromatic rings. The Bertz CT molecular complexity index is 698. The molecule has 1 N–H and O–H groups in total. The van der Waals surface area contributed by atoms with Crippen LogP contribution in [0.25, 0.3) is 0 Å². The number of ether oxygens (including phenoxy) is 1. The second-order valence-corrected chi connectivity index (χ2v) is 13.8. The molecule has 270 valence electrons. The number of hydrogen-bond donors (Lipinski definition) is 1. The van der Waals surface area contributed by atoms with Crippen molar-refractivity contribution in [3.05, 3.63) is 24.3 Å². The molecule has 1 unspecified atom stereocenters. The molecule has 0 saturated carbocycles. The van der Waals surface area contributed by atoms with Gasteiger partial charge in [-0.3, -0.25) is 9.59 Å². The highest BCUT2D eigenvalue weighted by Gasteiger charge is 2.11. The van der Waals surface area contributed by atoms with Gasteiger partial charge in [-0.25, -0.2) is 0 Å². The van der Waals surface area contributed by atoms with Crippen molar-refractivity contribution in [2.45, 2.75) is 232 Å². The van der Waals surface area contributed by atoms with E-state index in [0.717, 1.165) is 70.6 Å². The van der Waals surface area contributed by atoms with Crippen LogP contribution in [-0.2, 0) is 14.3 Å². The van der Waals surface area contributed by atoms with Gasteiger partial charge in [-0.05, 0) is 51.0 Å². The molecule has 0 aromatic carbocycles. The van der Waals surface area contributed by atoms with Crippen molar-refractivity contribution in [1.82, 2.24) is 0 Å². The fourth-order valence-corrected chi connectivity index (χ4v) is 6.13. The molecule has 0 saturated heterocycles. The largest absolute Gasteiger partial charge is 0.481 e. The first-order chi connectivity index (χ1) is 22.6. The van der Waals surface area contributed by atoms with E-state index in [1.807, 2.05) is 0 Å². The molecule has 0 spiro atoms. The number of unbranched alkanes of at least 4 members (excludes halogenated alkanes) is 26. The van der Waals surface area contributed by atoms with Gasteiger partial charge in [0.1, 0.15) is 6.10 Å². The molecule has 4 heteroatoms. The van der Waals surface area contributed by atoms with Crippen LogP contribution in [0.4, 0.5) is 0 Å². The number of carboxylic acid groups (broad SMARTS) is 1. The number of esters is 1. The molecule has 0 fully saturated rings. The van der Waals surface area contributed by atoms with Crippen molar-refractivity contribution >= 4 is 11.9 Å². The molecule has 1 atom stereocenters. The Labute approximate surface area is 287 Å². The average Bonchev–Trinajstić information content (AvgIpc) is 3.04. The molecule has 0 aliphatic heterocycles. The summed E-state index contributed by atoms with van der Waals surface area (Å²) in [4.78, 5) is 23.3. The number of carbonyl (C=O) groups is 2. The molecule has 46 heavy (non-hydrogen) atoms. The van der Waals surface area contributed by atoms with Gasteiger partial charge >= 0.3 is 11.9 Å². The number of carboxylic acids is 1. The van der Waals surface area contributed by atoms with Crippen LogP contribution < -0.4 is 0 Å². The zero-order chi connectivity index (χ0) is 33.6. The van der Waals surface area contributed by atoms with E-state index < -0.39 is 5.97 Å². The second kappa shape index (κ2) is 37.9. The van der Waals surface area contributed by atoms with E-state index in [1.54, 1.807) is 0 Å². The van der Waals surface area contributed by atoms with Gasteiger partial charge < -0.3 is 9.84 Å². The fraction of sp³-hybridized carbons (Fsp3) is 0.857. The summed E-state index contributed by atoms with van der Waals surface area (Å²) in [6.45, 7) is 4.53. The van der Waals surface area contributed by atoms with Crippen molar-refractivity contribution < 1.29 is 19.4 Å². The van der Waals surface area contributed by atoms with Crippen LogP contribution in [0.3, 0.4) is 0 Å². The molecule has 0 aliphatic rings.